The van der Waals surface area contributed by atoms with E-state index in [0.29, 0.717) is 0 Å². The smallest absolute Gasteiger partial charge is 0.191 e. The van der Waals surface area contributed by atoms with Gasteiger partial charge in [-0.25, -0.2) is 0 Å². The zero-order valence-corrected chi connectivity index (χ0v) is 15.6. The second-order valence-electron chi connectivity index (χ2n) is 7.15. The third-order valence-electron chi connectivity index (χ3n) is 4.83. The lowest BCUT2D eigenvalue weighted by Gasteiger charge is -2.16. The number of nitrogens with zero attached hydrogens (tertiary/aromatic N) is 2. The summed E-state index contributed by atoms with van der Waals surface area (Å²) >= 11 is 0. The highest BCUT2D eigenvalue weighted by Crippen LogP contribution is 2.28. The van der Waals surface area contributed by atoms with Crippen LogP contribution in [0.1, 0.15) is 49.7 Å². The molecule has 1 fully saturated rings. The average molecular weight is 331 g/mol. The molecule has 1 saturated carbocycles. The van der Waals surface area contributed by atoms with Crippen molar-refractivity contribution in [3.05, 3.63) is 35.4 Å². The van der Waals surface area contributed by atoms with Gasteiger partial charge in [0.2, 0.25) is 0 Å². The molecule has 4 nitrogen and oxygen atoms in total. The van der Waals surface area contributed by atoms with E-state index in [4.69, 9.17) is 0 Å². The number of guanidine groups is 1. The molecule has 2 rings (SSSR count). The Hall–Kier alpha value is -1.55. The predicted octanol–water partition coefficient (Wildman–Crippen LogP) is 3.38. The fourth-order valence-corrected chi connectivity index (χ4v) is 3.52. The van der Waals surface area contributed by atoms with E-state index < -0.39 is 0 Å². The van der Waals surface area contributed by atoms with Gasteiger partial charge >= 0.3 is 0 Å². The number of hydrogen-bond acceptors (Lipinski definition) is 2. The van der Waals surface area contributed by atoms with Gasteiger partial charge in [-0.2, -0.15) is 0 Å². The molecule has 0 amide bonds. The van der Waals surface area contributed by atoms with E-state index in [2.05, 4.69) is 58.9 Å². The van der Waals surface area contributed by atoms with Crippen LogP contribution in [0.15, 0.2) is 29.3 Å². The quantitative estimate of drug-likeness (QED) is 0.436. The third kappa shape index (κ3) is 6.52. The van der Waals surface area contributed by atoms with E-state index in [9.17, 15) is 0 Å². The molecule has 4 heteroatoms. The normalized spacial score (nSPS) is 15.9. The average Bonchev–Trinajstić information content (AvgIpc) is 3.08. The lowest BCUT2D eigenvalue weighted by molar-refractivity contribution is 0.400. The molecule has 24 heavy (non-hydrogen) atoms. The molecule has 0 heterocycles. The van der Waals surface area contributed by atoms with E-state index in [-0.39, 0.29) is 0 Å². The van der Waals surface area contributed by atoms with E-state index in [1.807, 2.05) is 7.05 Å². The number of benzene rings is 1. The first-order valence-corrected chi connectivity index (χ1v) is 9.35. The fraction of sp³-hybridized carbons (Fsp3) is 0.650. The number of nitrogens with one attached hydrogen (secondary N) is 2. The van der Waals surface area contributed by atoms with Crippen LogP contribution < -0.4 is 10.6 Å². The highest BCUT2D eigenvalue weighted by molar-refractivity contribution is 5.79. The molecule has 0 unspecified atom stereocenters. The minimum Gasteiger partial charge on any atom is -0.356 e. The molecule has 0 bridgehead atoms. The molecule has 0 atom stereocenters. The lowest BCUT2D eigenvalue weighted by Crippen LogP contribution is -2.37. The Morgan fingerprint density at radius 1 is 1.12 bits per heavy atom. The first kappa shape index (κ1) is 18.8. The van der Waals surface area contributed by atoms with Crippen molar-refractivity contribution in [2.45, 2.75) is 51.6 Å². The molecule has 0 saturated heterocycles. The van der Waals surface area contributed by atoms with Crippen LogP contribution in [0, 0.1) is 5.92 Å². The van der Waals surface area contributed by atoms with Crippen molar-refractivity contribution in [2.24, 2.45) is 10.9 Å². The molecule has 1 aromatic carbocycles. The largest absolute Gasteiger partial charge is 0.356 e. The Morgan fingerprint density at radius 2 is 1.83 bits per heavy atom. The van der Waals surface area contributed by atoms with Gasteiger partial charge < -0.3 is 15.5 Å². The second kappa shape index (κ2) is 10.3. The zero-order valence-electron chi connectivity index (χ0n) is 15.6. The van der Waals surface area contributed by atoms with Gasteiger partial charge in [0.1, 0.15) is 0 Å². The minimum atomic E-state index is 0.812. The molecule has 0 aliphatic heterocycles. The standard InChI is InChI=1S/C20H34N4/c1-21-20(22-14-8-11-17-9-4-5-10-17)23-15-18-12-6-7-13-19(18)16-24(2)3/h6-7,12-13,17H,4-5,8-11,14-16H2,1-3H3,(H2,21,22,23). The van der Waals surface area contributed by atoms with Crippen LogP contribution in [0.3, 0.4) is 0 Å². The van der Waals surface area contributed by atoms with Gasteiger partial charge in [-0.3, -0.25) is 4.99 Å². The van der Waals surface area contributed by atoms with Crippen molar-refractivity contribution in [3.63, 3.8) is 0 Å². The fourth-order valence-electron chi connectivity index (χ4n) is 3.52. The summed E-state index contributed by atoms with van der Waals surface area (Å²) in [5, 5.41) is 6.90. The first-order chi connectivity index (χ1) is 11.7. The topological polar surface area (TPSA) is 39.7 Å². The summed E-state index contributed by atoms with van der Waals surface area (Å²) in [5.74, 6) is 1.88. The van der Waals surface area contributed by atoms with E-state index in [0.717, 1.165) is 31.5 Å². The Balaban J connectivity index is 1.73. The van der Waals surface area contributed by atoms with Crippen molar-refractivity contribution >= 4 is 5.96 Å². The Kier molecular flexibility index (Phi) is 8.10. The monoisotopic (exact) mass is 330 g/mol. The maximum absolute atomic E-state index is 4.35. The Labute approximate surface area is 147 Å². The number of rotatable bonds is 8. The molecular formula is C20H34N4. The Bertz CT molecular complexity index is 504. The van der Waals surface area contributed by atoms with Crippen molar-refractivity contribution in [3.8, 4) is 0 Å². The van der Waals surface area contributed by atoms with Crippen LogP contribution in [-0.2, 0) is 13.1 Å². The van der Waals surface area contributed by atoms with Gasteiger partial charge in [-0.05, 0) is 44.0 Å². The number of aliphatic imine (C=N–C) groups is 1. The van der Waals surface area contributed by atoms with Crippen LogP contribution in [0.2, 0.25) is 0 Å². The van der Waals surface area contributed by atoms with Gasteiger partial charge in [0.25, 0.3) is 0 Å². The summed E-state index contributed by atoms with van der Waals surface area (Å²) in [6.45, 7) is 2.78. The molecule has 0 aromatic heterocycles. The van der Waals surface area contributed by atoms with E-state index in [1.165, 1.54) is 49.7 Å². The number of hydrogen-bond donors (Lipinski definition) is 2. The summed E-state index contributed by atoms with van der Waals surface area (Å²) in [5.41, 5.74) is 2.70. The molecular weight excluding hydrogens is 296 g/mol. The van der Waals surface area contributed by atoms with Crippen molar-refractivity contribution < 1.29 is 0 Å². The van der Waals surface area contributed by atoms with Crippen LogP contribution in [0.5, 0.6) is 0 Å². The molecule has 0 spiro atoms. The summed E-state index contributed by atoms with van der Waals surface area (Å²) in [4.78, 5) is 6.55. The second-order valence-corrected chi connectivity index (χ2v) is 7.15. The molecule has 0 radical (unpaired) electrons. The molecule has 1 aliphatic carbocycles. The maximum Gasteiger partial charge on any atom is 0.191 e. The summed E-state index contributed by atoms with van der Waals surface area (Å²) in [7, 11) is 6.06. The van der Waals surface area contributed by atoms with Crippen molar-refractivity contribution in [1.29, 1.82) is 0 Å². The third-order valence-corrected chi connectivity index (χ3v) is 4.83. The van der Waals surface area contributed by atoms with Crippen LogP contribution in [0.25, 0.3) is 0 Å². The summed E-state index contributed by atoms with van der Waals surface area (Å²) in [6.07, 6.45) is 8.35. The highest BCUT2D eigenvalue weighted by atomic mass is 15.2. The Morgan fingerprint density at radius 3 is 2.50 bits per heavy atom. The van der Waals surface area contributed by atoms with Crippen LogP contribution >= 0.6 is 0 Å². The zero-order chi connectivity index (χ0) is 17.2. The maximum atomic E-state index is 4.35. The van der Waals surface area contributed by atoms with Gasteiger partial charge in [0, 0.05) is 26.7 Å². The molecule has 1 aliphatic rings. The van der Waals surface area contributed by atoms with Gasteiger partial charge in [-0.15, -0.1) is 0 Å². The molecule has 1 aromatic rings. The van der Waals surface area contributed by atoms with E-state index >= 15 is 0 Å². The highest BCUT2D eigenvalue weighted by Gasteiger charge is 2.14. The van der Waals surface area contributed by atoms with Crippen molar-refractivity contribution in [1.82, 2.24) is 15.5 Å². The van der Waals surface area contributed by atoms with Crippen LogP contribution in [-0.4, -0.2) is 38.5 Å². The lowest BCUT2D eigenvalue weighted by atomic mass is 10.0. The summed E-state index contributed by atoms with van der Waals surface area (Å²) in [6, 6.07) is 8.61. The molecule has 2 N–H and O–H groups in total. The van der Waals surface area contributed by atoms with Gasteiger partial charge in [0.15, 0.2) is 5.96 Å². The first-order valence-electron chi connectivity index (χ1n) is 9.35. The molecule has 134 valence electrons. The van der Waals surface area contributed by atoms with Gasteiger partial charge in [-0.1, -0.05) is 49.9 Å². The SMILES string of the molecule is CN=C(NCCCC1CCCC1)NCc1ccccc1CN(C)C. The summed E-state index contributed by atoms with van der Waals surface area (Å²) < 4.78 is 0. The minimum absolute atomic E-state index is 0.812. The van der Waals surface area contributed by atoms with E-state index in [1.54, 1.807) is 0 Å². The van der Waals surface area contributed by atoms with Gasteiger partial charge in [0.05, 0.1) is 0 Å². The van der Waals surface area contributed by atoms with Crippen molar-refractivity contribution in [2.75, 3.05) is 27.7 Å². The predicted molar refractivity (Wildman–Crippen MR) is 103 cm³/mol. The van der Waals surface area contributed by atoms with Crippen LogP contribution in [0.4, 0.5) is 0 Å².